The lowest BCUT2D eigenvalue weighted by atomic mass is 10.2. The Balaban J connectivity index is 2.31. The summed E-state index contributed by atoms with van der Waals surface area (Å²) in [5, 5.41) is 2.68. The highest BCUT2D eigenvalue weighted by atomic mass is 32.2. The maximum absolute atomic E-state index is 12.7. The molecule has 0 fully saturated rings. The Morgan fingerprint density at radius 1 is 1.18 bits per heavy atom. The fourth-order valence-electron chi connectivity index (χ4n) is 2.23. The maximum Gasteiger partial charge on any atom is 0.255 e. The van der Waals surface area contributed by atoms with Crippen LogP contribution in [0.25, 0.3) is 0 Å². The molecule has 0 atom stereocenters. The summed E-state index contributed by atoms with van der Waals surface area (Å²) >= 11 is 0. The number of aromatic nitrogens is 1. The van der Waals surface area contributed by atoms with Gasteiger partial charge in [-0.05, 0) is 30.3 Å². The topological polar surface area (TPSA) is 107 Å². The first-order valence-corrected chi connectivity index (χ1v) is 9.74. The van der Waals surface area contributed by atoms with Gasteiger partial charge in [-0.2, -0.15) is 0 Å². The number of nitrogens with zero attached hydrogens (tertiary/aromatic N) is 2. The van der Waals surface area contributed by atoms with E-state index in [0.29, 0.717) is 12.3 Å². The monoisotopic (exact) mass is 409 g/mol. The minimum Gasteiger partial charge on any atom is -0.495 e. The van der Waals surface area contributed by atoms with E-state index in [9.17, 15) is 13.2 Å². The number of ether oxygens (including phenoxy) is 3. The van der Waals surface area contributed by atoms with Crippen LogP contribution < -0.4 is 14.8 Å². The predicted octanol–water partition coefficient (Wildman–Crippen LogP) is 1.62. The number of methoxy groups -OCH3 is 2. The Hall–Kier alpha value is -2.69. The zero-order chi connectivity index (χ0) is 20.7. The summed E-state index contributed by atoms with van der Waals surface area (Å²) in [4.78, 5) is 16.7. The van der Waals surface area contributed by atoms with Crippen molar-refractivity contribution in [3.8, 4) is 11.6 Å². The molecule has 28 heavy (non-hydrogen) atoms. The quantitative estimate of drug-likeness (QED) is 0.627. The second-order valence-electron chi connectivity index (χ2n) is 5.80. The van der Waals surface area contributed by atoms with Crippen LogP contribution in [-0.4, -0.2) is 65.1 Å². The van der Waals surface area contributed by atoms with Gasteiger partial charge in [0.15, 0.2) is 0 Å². The van der Waals surface area contributed by atoms with Crippen LogP contribution in [0.3, 0.4) is 0 Å². The molecule has 0 aliphatic carbocycles. The first-order valence-electron chi connectivity index (χ1n) is 8.30. The van der Waals surface area contributed by atoms with Gasteiger partial charge in [-0.25, -0.2) is 17.7 Å². The van der Waals surface area contributed by atoms with Crippen molar-refractivity contribution in [1.29, 1.82) is 0 Å². The minimum absolute atomic E-state index is 0.101. The smallest absolute Gasteiger partial charge is 0.255 e. The summed E-state index contributed by atoms with van der Waals surface area (Å²) in [5.74, 6) is -0.125. The zero-order valence-corrected chi connectivity index (χ0v) is 16.9. The number of nitrogens with one attached hydrogen (secondary N) is 1. The second-order valence-corrected chi connectivity index (χ2v) is 7.92. The van der Waals surface area contributed by atoms with Gasteiger partial charge in [-0.3, -0.25) is 4.79 Å². The molecule has 0 radical (unpaired) electrons. The molecule has 1 aromatic heterocycles. The molecule has 0 saturated heterocycles. The van der Waals surface area contributed by atoms with Crippen LogP contribution in [0.5, 0.6) is 11.6 Å². The summed E-state index contributed by atoms with van der Waals surface area (Å²) in [5.41, 5.74) is 0.504. The first-order chi connectivity index (χ1) is 13.3. The molecule has 0 saturated carbocycles. The number of benzene rings is 1. The Kier molecular flexibility index (Phi) is 7.32. The van der Waals surface area contributed by atoms with Crippen molar-refractivity contribution in [3.05, 3.63) is 42.1 Å². The molecule has 2 aromatic rings. The summed E-state index contributed by atoms with van der Waals surface area (Å²) in [6.45, 7) is 0.637. The number of sulfonamides is 1. The summed E-state index contributed by atoms with van der Waals surface area (Å²) in [7, 11) is 1.93. The second kappa shape index (κ2) is 9.49. The van der Waals surface area contributed by atoms with E-state index in [1.54, 1.807) is 19.2 Å². The van der Waals surface area contributed by atoms with E-state index < -0.39 is 15.9 Å². The molecule has 1 amide bonds. The van der Waals surface area contributed by atoms with Gasteiger partial charge in [0.05, 0.1) is 13.7 Å². The van der Waals surface area contributed by atoms with Crippen molar-refractivity contribution in [2.45, 2.75) is 4.90 Å². The van der Waals surface area contributed by atoms with E-state index in [1.807, 2.05) is 0 Å². The van der Waals surface area contributed by atoms with Gasteiger partial charge < -0.3 is 19.5 Å². The van der Waals surface area contributed by atoms with Crippen LogP contribution in [-0.2, 0) is 14.8 Å². The number of anilines is 1. The highest BCUT2D eigenvalue weighted by Crippen LogP contribution is 2.28. The van der Waals surface area contributed by atoms with Gasteiger partial charge in [-0.15, -0.1) is 0 Å². The molecule has 2 rings (SSSR count). The van der Waals surface area contributed by atoms with Crippen molar-refractivity contribution in [2.75, 3.05) is 46.8 Å². The molecular formula is C18H23N3O6S. The molecular weight excluding hydrogens is 386 g/mol. The third-order valence-corrected chi connectivity index (χ3v) is 5.57. The zero-order valence-electron chi connectivity index (χ0n) is 16.1. The molecule has 10 heteroatoms. The molecule has 0 spiro atoms. The van der Waals surface area contributed by atoms with Gasteiger partial charge >= 0.3 is 0 Å². The highest BCUT2D eigenvalue weighted by molar-refractivity contribution is 7.89. The lowest BCUT2D eigenvalue weighted by molar-refractivity contribution is 0.102. The molecule has 152 valence electrons. The van der Waals surface area contributed by atoms with E-state index >= 15 is 0 Å². The van der Waals surface area contributed by atoms with Gasteiger partial charge in [-0.1, -0.05) is 0 Å². The summed E-state index contributed by atoms with van der Waals surface area (Å²) in [6.07, 6.45) is 1.53. The largest absolute Gasteiger partial charge is 0.495 e. The number of carbonyl (C=O) groups excluding carboxylic acids is 1. The lowest BCUT2D eigenvalue weighted by Gasteiger charge is -2.16. The summed E-state index contributed by atoms with van der Waals surface area (Å²) in [6, 6.07) is 7.46. The fourth-order valence-corrected chi connectivity index (χ4v) is 3.31. The molecule has 0 aliphatic rings. The normalized spacial score (nSPS) is 11.3. The van der Waals surface area contributed by atoms with Crippen LogP contribution in [0.1, 0.15) is 10.4 Å². The van der Waals surface area contributed by atoms with E-state index in [2.05, 4.69) is 10.3 Å². The number of rotatable bonds is 9. The standard InChI is InChI=1S/C18H23N3O6S/c1-21(2)28(23,24)16-12-13(7-8-15(16)26-4)17(22)20-14-6-5-9-19-18(14)27-11-10-25-3/h5-9,12H,10-11H2,1-4H3,(H,20,22). The number of hydrogen-bond donors (Lipinski definition) is 1. The number of carbonyl (C=O) groups is 1. The van der Waals surface area contributed by atoms with Crippen molar-refractivity contribution < 1.29 is 27.4 Å². The van der Waals surface area contributed by atoms with E-state index in [1.165, 1.54) is 45.6 Å². The van der Waals surface area contributed by atoms with Gasteiger partial charge in [0, 0.05) is 33.0 Å². The van der Waals surface area contributed by atoms with Crippen LogP contribution in [0.2, 0.25) is 0 Å². The predicted molar refractivity (Wildman–Crippen MR) is 103 cm³/mol. The van der Waals surface area contributed by atoms with Gasteiger partial charge in [0.2, 0.25) is 15.9 Å². The van der Waals surface area contributed by atoms with Gasteiger partial charge in [0.25, 0.3) is 5.91 Å². The Bertz CT molecular complexity index is 931. The Morgan fingerprint density at radius 3 is 2.57 bits per heavy atom. The SMILES string of the molecule is COCCOc1ncccc1NC(=O)c1ccc(OC)c(S(=O)(=O)N(C)C)c1. The first kappa shape index (κ1) is 21.6. The molecule has 1 aromatic carbocycles. The lowest BCUT2D eigenvalue weighted by Crippen LogP contribution is -2.23. The molecule has 9 nitrogen and oxygen atoms in total. The fraction of sp³-hybridized carbons (Fsp3) is 0.333. The number of amides is 1. The molecule has 1 heterocycles. The summed E-state index contributed by atoms with van der Waals surface area (Å²) < 4.78 is 41.6. The maximum atomic E-state index is 12.7. The van der Waals surface area contributed by atoms with Gasteiger partial charge in [0.1, 0.15) is 22.9 Å². The third kappa shape index (κ3) is 4.97. The van der Waals surface area contributed by atoms with E-state index in [-0.39, 0.29) is 28.7 Å². The average molecular weight is 409 g/mol. The van der Waals surface area contributed by atoms with E-state index in [4.69, 9.17) is 14.2 Å². The van der Waals surface area contributed by atoms with E-state index in [0.717, 1.165) is 4.31 Å². The molecule has 0 bridgehead atoms. The highest BCUT2D eigenvalue weighted by Gasteiger charge is 2.24. The molecule has 0 aliphatic heterocycles. The number of pyridine rings is 1. The minimum atomic E-state index is -3.79. The van der Waals surface area contributed by atoms with Crippen molar-refractivity contribution in [3.63, 3.8) is 0 Å². The van der Waals surface area contributed by atoms with Crippen LogP contribution in [0.4, 0.5) is 5.69 Å². The van der Waals surface area contributed by atoms with Crippen molar-refractivity contribution in [1.82, 2.24) is 9.29 Å². The molecule has 1 N–H and O–H groups in total. The Labute approximate surface area is 164 Å². The van der Waals surface area contributed by atoms with Crippen molar-refractivity contribution in [2.24, 2.45) is 0 Å². The van der Waals surface area contributed by atoms with Crippen molar-refractivity contribution >= 4 is 21.6 Å². The Morgan fingerprint density at radius 2 is 1.93 bits per heavy atom. The average Bonchev–Trinajstić information content (AvgIpc) is 2.68. The van der Waals surface area contributed by atoms with Crippen LogP contribution in [0.15, 0.2) is 41.4 Å². The number of hydrogen-bond acceptors (Lipinski definition) is 7. The molecule has 0 unspecified atom stereocenters. The third-order valence-electron chi connectivity index (χ3n) is 3.73. The van der Waals surface area contributed by atoms with Crippen LogP contribution in [0, 0.1) is 0 Å². The van der Waals surface area contributed by atoms with Crippen LogP contribution >= 0.6 is 0 Å².